The quantitative estimate of drug-likeness (QED) is 0.687. The molecule has 4 nitrogen and oxygen atoms in total. The summed E-state index contributed by atoms with van der Waals surface area (Å²) in [7, 11) is 0. The lowest BCUT2D eigenvalue weighted by molar-refractivity contribution is -0.275. The molecule has 0 atom stereocenters. The van der Waals surface area contributed by atoms with E-state index in [0.717, 1.165) is 0 Å². The molecule has 0 aromatic carbocycles. The van der Waals surface area contributed by atoms with Gasteiger partial charge in [0.2, 0.25) is 0 Å². The van der Waals surface area contributed by atoms with E-state index in [0.29, 0.717) is 0 Å². The summed E-state index contributed by atoms with van der Waals surface area (Å²) in [6, 6.07) is 0. The summed E-state index contributed by atoms with van der Waals surface area (Å²) >= 11 is 5.22. The number of ether oxygens (including phenoxy) is 1. The lowest BCUT2D eigenvalue weighted by Gasteiger charge is -2.18. The third kappa shape index (κ3) is 3.65. The third-order valence-corrected chi connectivity index (χ3v) is 2.29. The summed E-state index contributed by atoms with van der Waals surface area (Å²) in [6.45, 7) is 0. The molecule has 0 saturated heterocycles. The SMILES string of the molecule is NC(=O)c1ncc(C(F)(F)F)c(CCl)c1OC(F)(F)F. The van der Waals surface area contributed by atoms with Gasteiger partial charge in [0.05, 0.1) is 11.4 Å². The van der Waals surface area contributed by atoms with Crippen molar-refractivity contribution in [3.63, 3.8) is 0 Å². The van der Waals surface area contributed by atoms with Crippen LogP contribution in [-0.4, -0.2) is 17.3 Å². The van der Waals surface area contributed by atoms with Crippen molar-refractivity contribution in [2.75, 3.05) is 0 Å². The molecule has 0 aliphatic heterocycles. The summed E-state index contributed by atoms with van der Waals surface area (Å²) < 4.78 is 77.9. The number of hydrogen-bond acceptors (Lipinski definition) is 3. The number of aromatic nitrogens is 1. The number of rotatable bonds is 3. The monoisotopic (exact) mass is 322 g/mol. The van der Waals surface area contributed by atoms with Crippen molar-refractivity contribution in [1.29, 1.82) is 0 Å². The Labute approximate surface area is 112 Å². The van der Waals surface area contributed by atoms with Crippen LogP contribution in [0.2, 0.25) is 0 Å². The number of pyridine rings is 1. The normalized spacial score (nSPS) is 12.3. The van der Waals surface area contributed by atoms with E-state index in [4.69, 9.17) is 17.3 Å². The molecule has 1 amide bonds. The van der Waals surface area contributed by atoms with Gasteiger partial charge in [0.25, 0.3) is 5.91 Å². The Hall–Kier alpha value is -1.71. The van der Waals surface area contributed by atoms with Gasteiger partial charge in [-0.1, -0.05) is 0 Å². The van der Waals surface area contributed by atoms with E-state index in [2.05, 4.69) is 9.72 Å². The predicted molar refractivity (Wildman–Crippen MR) is 54.0 cm³/mol. The Bertz CT molecular complexity index is 528. The zero-order chi connectivity index (χ0) is 15.7. The molecular formula is C9H5ClF6N2O2. The zero-order valence-electron chi connectivity index (χ0n) is 9.27. The smallest absolute Gasteiger partial charge is 0.403 e. The first-order valence-electron chi connectivity index (χ1n) is 4.68. The molecule has 0 spiro atoms. The molecule has 0 aliphatic carbocycles. The largest absolute Gasteiger partial charge is 0.573 e. The van der Waals surface area contributed by atoms with Crippen molar-refractivity contribution < 1.29 is 35.9 Å². The van der Waals surface area contributed by atoms with Crippen LogP contribution >= 0.6 is 11.6 Å². The second kappa shape index (κ2) is 5.35. The first-order chi connectivity index (χ1) is 8.97. The van der Waals surface area contributed by atoms with Crippen LogP contribution in [0.4, 0.5) is 26.3 Å². The number of primary amides is 1. The van der Waals surface area contributed by atoms with Crippen LogP contribution in [0, 0.1) is 0 Å². The Morgan fingerprint density at radius 2 is 1.85 bits per heavy atom. The Morgan fingerprint density at radius 3 is 2.20 bits per heavy atom. The molecule has 0 bridgehead atoms. The number of nitrogens with zero attached hydrogens (tertiary/aromatic N) is 1. The molecule has 1 aromatic heterocycles. The maximum absolute atomic E-state index is 12.6. The van der Waals surface area contributed by atoms with Crippen LogP contribution in [-0.2, 0) is 12.1 Å². The van der Waals surface area contributed by atoms with Gasteiger partial charge >= 0.3 is 12.5 Å². The summed E-state index contributed by atoms with van der Waals surface area (Å²) in [5.41, 5.74) is 1.04. The predicted octanol–water partition coefficient (Wildman–Crippen LogP) is 2.84. The van der Waals surface area contributed by atoms with Gasteiger partial charge in [0.15, 0.2) is 11.4 Å². The van der Waals surface area contributed by atoms with Crippen molar-refractivity contribution in [2.45, 2.75) is 18.4 Å². The van der Waals surface area contributed by atoms with Gasteiger partial charge < -0.3 is 10.5 Å². The molecule has 1 aromatic rings. The third-order valence-electron chi connectivity index (χ3n) is 2.03. The molecule has 1 heterocycles. The highest BCUT2D eigenvalue weighted by atomic mass is 35.5. The van der Waals surface area contributed by atoms with Gasteiger partial charge in [0.1, 0.15) is 0 Å². The molecule has 0 saturated carbocycles. The van der Waals surface area contributed by atoms with E-state index < -0.39 is 46.9 Å². The maximum atomic E-state index is 12.6. The lowest BCUT2D eigenvalue weighted by atomic mass is 10.1. The van der Waals surface area contributed by atoms with E-state index in [1.807, 2.05) is 0 Å². The molecule has 1 rings (SSSR count). The average molecular weight is 323 g/mol. The second-order valence-corrected chi connectivity index (χ2v) is 3.64. The van der Waals surface area contributed by atoms with Gasteiger partial charge in [-0.25, -0.2) is 4.98 Å². The number of halogens is 7. The van der Waals surface area contributed by atoms with E-state index in [1.165, 1.54) is 0 Å². The minimum atomic E-state index is -5.34. The second-order valence-electron chi connectivity index (χ2n) is 3.37. The molecule has 0 unspecified atom stereocenters. The van der Waals surface area contributed by atoms with Gasteiger partial charge in [-0.3, -0.25) is 4.79 Å². The number of carbonyl (C=O) groups excluding carboxylic acids is 1. The standard InChI is InChI=1S/C9H5ClF6N2O2/c10-1-3-4(8(11,12)13)2-18-5(7(17)19)6(3)20-9(14,15)16/h2H,1H2,(H2,17,19). The first kappa shape index (κ1) is 16.3. The minimum absolute atomic E-state index is 0.168. The highest BCUT2D eigenvalue weighted by Crippen LogP contribution is 2.39. The molecule has 112 valence electrons. The minimum Gasteiger partial charge on any atom is -0.403 e. The van der Waals surface area contributed by atoms with Crippen LogP contribution < -0.4 is 10.5 Å². The number of carbonyl (C=O) groups is 1. The van der Waals surface area contributed by atoms with Gasteiger partial charge in [-0.05, 0) is 0 Å². The van der Waals surface area contributed by atoms with Crippen molar-refractivity contribution in [3.05, 3.63) is 23.0 Å². The lowest BCUT2D eigenvalue weighted by Crippen LogP contribution is -2.24. The summed E-state index contributed by atoms with van der Waals surface area (Å²) in [5, 5.41) is 0. The Balaban J connectivity index is 3.59. The van der Waals surface area contributed by atoms with Crippen molar-refractivity contribution in [1.82, 2.24) is 4.98 Å². The molecule has 0 radical (unpaired) electrons. The van der Waals surface area contributed by atoms with Gasteiger partial charge in [-0.15, -0.1) is 24.8 Å². The maximum Gasteiger partial charge on any atom is 0.573 e. The van der Waals surface area contributed by atoms with Crippen LogP contribution in [0.5, 0.6) is 5.75 Å². The fourth-order valence-corrected chi connectivity index (χ4v) is 1.57. The zero-order valence-corrected chi connectivity index (χ0v) is 10.0. The first-order valence-corrected chi connectivity index (χ1v) is 5.21. The average Bonchev–Trinajstić information content (AvgIpc) is 2.24. The summed E-state index contributed by atoms with van der Waals surface area (Å²) in [5.74, 6) is -3.91. The fraction of sp³-hybridized carbons (Fsp3) is 0.333. The van der Waals surface area contributed by atoms with Gasteiger partial charge in [-0.2, -0.15) is 13.2 Å². The molecule has 0 aliphatic rings. The Kier molecular flexibility index (Phi) is 4.37. The molecular weight excluding hydrogens is 318 g/mol. The van der Waals surface area contributed by atoms with Crippen molar-refractivity contribution in [3.8, 4) is 5.75 Å². The molecule has 2 N–H and O–H groups in total. The van der Waals surface area contributed by atoms with E-state index in [9.17, 15) is 31.1 Å². The number of alkyl halides is 7. The number of hydrogen-bond donors (Lipinski definition) is 1. The fourth-order valence-electron chi connectivity index (χ4n) is 1.31. The number of nitrogens with two attached hydrogens (primary N) is 1. The van der Waals surface area contributed by atoms with Crippen LogP contribution in [0.1, 0.15) is 21.6 Å². The number of amides is 1. The summed E-state index contributed by atoms with van der Waals surface area (Å²) in [6.07, 6.45) is -10.2. The van der Waals surface area contributed by atoms with E-state index >= 15 is 0 Å². The van der Waals surface area contributed by atoms with E-state index in [1.54, 1.807) is 0 Å². The molecule has 0 fully saturated rings. The van der Waals surface area contributed by atoms with Crippen LogP contribution in [0.15, 0.2) is 6.20 Å². The highest BCUT2D eigenvalue weighted by molar-refractivity contribution is 6.17. The molecule has 11 heteroatoms. The Morgan fingerprint density at radius 1 is 1.30 bits per heavy atom. The highest BCUT2D eigenvalue weighted by Gasteiger charge is 2.40. The van der Waals surface area contributed by atoms with Crippen LogP contribution in [0.3, 0.4) is 0 Å². The van der Waals surface area contributed by atoms with Crippen LogP contribution in [0.25, 0.3) is 0 Å². The van der Waals surface area contributed by atoms with E-state index in [-0.39, 0.29) is 6.20 Å². The van der Waals surface area contributed by atoms with Crippen molar-refractivity contribution >= 4 is 17.5 Å². The summed E-state index contributed by atoms with van der Waals surface area (Å²) in [4.78, 5) is 13.9. The van der Waals surface area contributed by atoms with Crippen molar-refractivity contribution in [2.24, 2.45) is 5.73 Å². The molecule has 20 heavy (non-hydrogen) atoms. The van der Waals surface area contributed by atoms with Gasteiger partial charge in [0, 0.05) is 11.8 Å². The topological polar surface area (TPSA) is 65.2 Å².